The van der Waals surface area contributed by atoms with E-state index in [4.69, 9.17) is 11.6 Å². The molecule has 0 saturated carbocycles. The zero-order valence-corrected chi connectivity index (χ0v) is 14.5. The first-order valence-corrected chi connectivity index (χ1v) is 7.60. The van der Waals surface area contributed by atoms with Crippen molar-refractivity contribution in [2.75, 3.05) is 7.05 Å². The molecule has 2 aromatic rings. The summed E-state index contributed by atoms with van der Waals surface area (Å²) in [5, 5.41) is 9.31. The van der Waals surface area contributed by atoms with Crippen LogP contribution in [0.2, 0.25) is 5.02 Å². The topological polar surface area (TPSA) is 56.0 Å². The van der Waals surface area contributed by atoms with Gasteiger partial charge in [-0.3, -0.25) is 14.2 Å². The highest BCUT2D eigenvalue weighted by molar-refractivity contribution is 6.31. The number of hydrogen-bond acceptors (Lipinski definition) is 3. The summed E-state index contributed by atoms with van der Waals surface area (Å²) in [6, 6.07) is 0. The maximum atomic E-state index is 12.3. The van der Waals surface area contributed by atoms with E-state index in [1.807, 2.05) is 41.1 Å². The van der Waals surface area contributed by atoms with Crippen LogP contribution in [0.4, 0.5) is 0 Å². The van der Waals surface area contributed by atoms with E-state index in [0.717, 1.165) is 22.6 Å². The number of carbonyl (C=O) groups is 1. The van der Waals surface area contributed by atoms with Gasteiger partial charge < -0.3 is 4.90 Å². The number of rotatable bonds is 5. The lowest BCUT2D eigenvalue weighted by Gasteiger charge is -2.17. The van der Waals surface area contributed by atoms with Crippen molar-refractivity contribution in [3.63, 3.8) is 0 Å². The lowest BCUT2D eigenvalue weighted by molar-refractivity contribution is -0.130. The number of aryl methyl sites for hydroxylation is 4. The molecule has 0 aliphatic rings. The molecule has 2 rings (SSSR count). The third-order valence-electron chi connectivity index (χ3n) is 3.78. The Balaban J connectivity index is 1.94. The Labute approximate surface area is 135 Å². The van der Waals surface area contributed by atoms with Gasteiger partial charge >= 0.3 is 0 Å². The van der Waals surface area contributed by atoms with E-state index < -0.39 is 0 Å². The van der Waals surface area contributed by atoms with Crippen molar-refractivity contribution in [3.8, 4) is 0 Å². The summed E-state index contributed by atoms with van der Waals surface area (Å²) in [7, 11) is 3.69. The number of hydrogen-bond donors (Lipinski definition) is 0. The van der Waals surface area contributed by atoms with E-state index in [0.29, 0.717) is 24.5 Å². The van der Waals surface area contributed by atoms with Crippen LogP contribution in [-0.4, -0.2) is 37.4 Å². The molecular weight excluding hydrogens is 302 g/mol. The first kappa shape index (κ1) is 16.5. The number of nitrogens with zero attached hydrogens (tertiary/aromatic N) is 5. The normalized spacial score (nSPS) is 11.0. The van der Waals surface area contributed by atoms with Crippen molar-refractivity contribution in [2.24, 2.45) is 7.05 Å². The summed E-state index contributed by atoms with van der Waals surface area (Å²) in [6.45, 7) is 6.83. The van der Waals surface area contributed by atoms with Gasteiger partial charge in [-0.2, -0.15) is 10.2 Å². The van der Waals surface area contributed by atoms with E-state index in [1.165, 1.54) is 0 Å². The van der Waals surface area contributed by atoms with E-state index in [2.05, 4.69) is 10.2 Å². The second kappa shape index (κ2) is 6.52. The van der Waals surface area contributed by atoms with Gasteiger partial charge in [-0.25, -0.2) is 0 Å². The Morgan fingerprint density at radius 1 is 1.27 bits per heavy atom. The quantitative estimate of drug-likeness (QED) is 0.848. The third kappa shape index (κ3) is 3.50. The van der Waals surface area contributed by atoms with Crippen molar-refractivity contribution >= 4 is 17.5 Å². The van der Waals surface area contributed by atoms with Crippen LogP contribution >= 0.6 is 11.6 Å². The molecule has 0 fully saturated rings. The summed E-state index contributed by atoms with van der Waals surface area (Å²) in [4.78, 5) is 14.0. The summed E-state index contributed by atoms with van der Waals surface area (Å²) >= 11 is 6.12. The van der Waals surface area contributed by atoms with Crippen molar-refractivity contribution in [3.05, 3.63) is 33.9 Å². The summed E-state index contributed by atoms with van der Waals surface area (Å²) in [5.74, 6) is 0.0759. The molecule has 0 radical (unpaired) electrons. The predicted octanol–water partition coefficient (Wildman–Crippen LogP) is 2.24. The van der Waals surface area contributed by atoms with Crippen LogP contribution in [0, 0.1) is 20.8 Å². The van der Waals surface area contributed by atoms with Crippen LogP contribution in [-0.2, 0) is 24.9 Å². The van der Waals surface area contributed by atoms with Gasteiger partial charge in [-0.15, -0.1) is 0 Å². The van der Waals surface area contributed by atoms with Gasteiger partial charge in [0.15, 0.2) is 0 Å². The first-order valence-electron chi connectivity index (χ1n) is 7.22. The fourth-order valence-electron chi connectivity index (χ4n) is 2.43. The molecule has 2 heterocycles. The van der Waals surface area contributed by atoms with Gasteiger partial charge in [0, 0.05) is 38.8 Å². The average Bonchev–Trinajstić information content (AvgIpc) is 2.90. The highest BCUT2D eigenvalue weighted by atomic mass is 35.5. The minimum atomic E-state index is 0.0759. The fraction of sp³-hybridized carbons (Fsp3) is 0.533. The largest absolute Gasteiger partial charge is 0.341 e. The molecule has 0 aliphatic heterocycles. The third-order valence-corrected chi connectivity index (χ3v) is 4.33. The molecule has 0 N–H and O–H groups in total. The minimum Gasteiger partial charge on any atom is -0.341 e. The Kier molecular flexibility index (Phi) is 4.90. The van der Waals surface area contributed by atoms with Crippen LogP contribution in [0.3, 0.4) is 0 Å². The molecule has 22 heavy (non-hydrogen) atoms. The molecule has 7 heteroatoms. The second-order valence-electron chi connectivity index (χ2n) is 5.62. The Hall–Kier alpha value is -1.82. The lowest BCUT2D eigenvalue weighted by Crippen LogP contribution is -2.27. The maximum absolute atomic E-state index is 12.3. The van der Waals surface area contributed by atoms with Gasteiger partial charge in [0.05, 0.1) is 28.6 Å². The standard InChI is InChI=1S/C15H22ClN5O/c1-10-13(9-20(5)17-10)8-19(4)14(22)6-7-21-12(3)15(16)11(2)18-21/h9H,6-8H2,1-5H3. The monoisotopic (exact) mass is 323 g/mol. The molecule has 6 nitrogen and oxygen atoms in total. The zero-order valence-electron chi connectivity index (χ0n) is 13.7. The number of amides is 1. The molecule has 0 saturated heterocycles. The predicted molar refractivity (Wildman–Crippen MR) is 85.7 cm³/mol. The van der Waals surface area contributed by atoms with E-state index >= 15 is 0 Å². The van der Waals surface area contributed by atoms with Gasteiger partial charge in [0.2, 0.25) is 5.91 Å². The van der Waals surface area contributed by atoms with Crippen LogP contribution in [0.15, 0.2) is 6.20 Å². The first-order chi connectivity index (χ1) is 10.3. The lowest BCUT2D eigenvalue weighted by atomic mass is 10.2. The Morgan fingerprint density at radius 2 is 1.95 bits per heavy atom. The van der Waals surface area contributed by atoms with E-state index in [-0.39, 0.29) is 5.91 Å². The van der Waals surface area contributed by atoms with Crippen LogP contribution in [0.5, 0.6) is 0 Å². The second-order valence-corrected chi connectivity index (χ2v) is 6.00. The maximum Gasteiger partial charge on any atom is 0.224 e. The summed E-state index contributed by atoms with van der Waals surface area (Å²) < 4.78 is 3.56. The van der Waals surface area contributed by atoms with Crippen molar-refractivity contribution < 1.29 is 4.79 Å². The molecule has 1 amide bonds. The van der Waals surface area contributed by atoms with Crippen molar-refractivity contribution in [1.82, 2.24) is 24.5 Å². The average molecular weight is 324 g/mol. The molecule has 0 aromatic carbocycles. The minimum absolute atomic E-state index is 0.0759. The highest BCUT2D eigenvalue weighted by Gasteiger charge is 2.14. The summed E-state index contributed by atoms with van der Waals surface area (Å²) in [6.07, 6.45) is 2.34. The van der Waals surface area contributed by atoms with Crippen LogP contribution in [0.1, 0.15) is 29.1 Å². The number of halogens is 1. The molecule has 0 spiro atoms. The highest BCUT2D eigenvalue weighted by Crippen LogP contribution is 2.19. The molecule has 0 aliphatic carbocycles. The molecule has 0 unspecified atom stereocenters. The van der Waals surface area contributed by atoms with Gasteiger partial charge in [0.1, 0.15) is 0 Å². The smallest absolute Gasteiger partial charge is 0.224 e. The molecule has 2 aromatic heterocycles. The molecule has 120 valence electrons. The van der Waals surface area contributed by atoms with Gasteiger partial charge in [-0.1, -0.05) is 11.6 Å². The van der Waals surface area contributed by atoms with Gasteiger partial charge in [-0.05, 0) is 20.8 Å². The van der Waals surface area contributed by atoms with E-state index in [9.17, 15) is 4.79 Å². The van der Waals surface area contributed by atoms with Crippen molar-refractivity contribution in [1.29, 1.82) is 0 Å². The summed E-state index contributed by atoms with van der Waals surface area (Å²) in [5.41, 5.74) is 3.71. The SMILES string of the molecule is Cc1nn(C)cc1CN(C)C(=O)CCn1nc(C)c(Cl)c1C. The van der Waals surface area contributed by atoms with Crippen LogP contribution < -0.4 is 0 Å². The van der Waals surface area contributed by atoms with E-state index in [1.54, 1.807) is 14.3 Å². The van der Waals surface area contributed by atoms with Crippen LogP contribution in [0.25, 0.3) is 0 Å². The number of aromatic nitrogens is 4. The zero-order chi connectivity index (χ0) is 16.4. The Morgan fingerprint density at radius 3 is 2.45 bits per heavy atom. The van der Waals surface area contributed by atoms with Crippen molar-refractivity contribution in [2.45, 2.75) is 40.3 Å². The molecule has 0 bridgehead atoms. The number of carbonyl (C=O) groups excluding carboxylic acids is 1. The van der Waals surface area contributed by atoms with Gasteiger partial charge in [0.25, 0.3) is 0 Å². The molecule has 0 atom stereocenters. The fourth-order valence-corrected chi connectivity index (χ4v) is 2.57. The Bertz CT molecular complexity index is 688. The molecular formula is C15H22ClN5O.